The van der Waals surface area contributed by atoms with Gasteiger partial charge in [0.05, 0.1) is 25.3 Å². The summed E-state index contributed by atoms with van der Waals surface area (Å²) in [6.07, 6.45) is 1.71. The largest absolute Gasteiger partial charge is 0.507 e. The van der Waals surface area contributed by atoms with Crippen molar-refractivity contribution in [2.45, 2.75) is 19.0 Å². The van der Waals surface area contributed by atoms with Crippen molar-refractivity contribution < 1.29 is 9.84 Å². The molecule has 0 saturated carbocycles. The Balaban J connectivity index is 1.84. The van der Waals surface area contributed by atoms with Crippen LogP contribution in [-0.2, 0) is 4.74 Å². The number of hydrogen-bond acceptors (Lipinski definition) is 4. The highest BCUT2D eigenvalue weighted by Crippen LogP contribution is 2.28. The first-order valence-electron chi connectivity index (χ1n) is 8.53. The van der Waals surface area contributed by atoms with Gasteiger partial charge in [0.15, 0.2) is 0 Å². The molecule has 1 saturated heterocycles. The molecule has 1 aliphatic heterocycles. The molecule has 0 aliphatic carbocycles. The Hall–Kier alpha value is -1.88. The Morgan fingerprint density at radius 1 is 1.16 bits per heavy atom. The van der Waals surface area contributed by atoms with Gasteiger partial charge in [0, 0.05) is 29.9 Å². The minimum Gasteiger partial charge on any atom is -0.507 e. The molecule has 4 nitrogen and oxygen atoms in total. The summed E-state index contributed by atoms with van der Waals surface area (Å²) < 4.78 is 5.50. The molecule has 5 heteroatoms. The molecular formula is C20H23ClN2O2. The van der Waals surface area contributed by atoms with Crippen molar-refractivity contribution in [2.24, 2.45) is 4.99 Å². The molecule has 132 valence electrons. The molecule has 25 heavy (non-hydrogen) atoms. The first-order chi connectivity index (χ1) is 12.1. The van der Waals surface area contributed by atoms with Crippen LogP contribution >= 0.6 is 11.6 Å². The van der Waals surface area contributed by atoms with Gasteiger partial charge in [-0.15, -0.1) is 0 Å². The molecule has 0 aromatic heterocycles. The SMILES string of the molecule is C[C@@H](N=Cc1cc(Cl)ccc1O)[C@@H](c1ccccc1)N1CCOCC1. The minimum atomic E-state index is 0.0267. The van der Waals surface area contributed by atoms with Gasteiger partial charge in [0.2, 0.25) is 0 Å². The van der Waals surface area contributed by atoms with Crippen LogP contribution in [0.3, 0.4) is 0 Å². The quantitative estimate of drug-likeness (QED) is 0.824. The lowest BCUT2D eigenvalue weighted by Gasteiger charge is -2.37. The molecular weight excluding hydrogens is 336 g/mol. The summed E-state index contributed by atoms with van der Waals surface area (Å²) in [4.78, 5) is 7.14. The fourth-order valence-electron chi connectivity index (χ4n) is 3.21. The maximum atomic E-state index is 9.98. The van der Waals surface area contributed by atoms with Crippen LogP contribution in [0.5, 0.6) is 5.75 Å². The number of benzene rings is 2. The fraction of sp³-hybridized carbons (Fsp3) is 0.350. The van der Waals surface area contributed by atoms with Gasteiger partial charge in [-0.1, -0.05) is 41.9 Å². The van der Waals surface area contributed by atoms with Gasteiger partial charge in [-0.05, 0) is 30.7 Å². The topological polar surface area (TPSA) is 45.1 Å². The van der Waals surface area contributed by atoms with E-state index in [-0.39, 0.29) is 17.8 Å². The molecule has 0 radical (unpaired) electrons. The van der Waals surface area contributed by atoms with Crippen LogP contribution in [0.25, 0.3) is 0 Å². The smallest absolute Gasteiger partial charge is 0.124 e. The highest BCUT2D eigenvalue weighted by Gasteiger charge is 2.27. The van der Waals surface area contributed by atoms with Crippen LogP contribution in [0, 0.1) is 0 Å². The van der Waals surface area contributed by atoms with Crippen LogP contribution in [0.2, 0.25) is 5.02 Å². The van der Waals surface area contributed by atoms with E-state index in [0.717, 1.165) is 26.3 Å². The number of aromatic hydroxyl groups is 1. The second kappa shape index (κ2) is 8.48. The number of rotatable bonds is 5. The molecule has 0 unspecified atom stereocenters. The molecule has 0 bridgehead atoms. The number of nitrogens with zero attached hydrogens (tertiary/aromatic N) is 2. The molecule has 2 aromatic carbocycles. The Morgan fingerprint density at radius 2 is 1.88 bits per heavy atom. The summed E-state index contributed by atoms with van der Waals surface area (Å²) in [5.41, 5.74) is 1.87. The Labute approximate surface area is 153 Å². The van der Waals surface area contributed by atoms with E-state index in [1.54, 1.807) is 24.4 Å². The zero-order chi connectivity index (χ0) is 17.6. The first-order valence-corrected chi connectivity index (χ1v) is 8.91. The molecule has 2 atom stereocenters. The van der Waals surface area contributed by atoms with Crippen molar-refractivity contribution in [3.05, 3.63) is 64.7 Å². The summed E-state index contributed by atoms with van der Waals surface area (Å²) in [5.74, 6) is 0.183. The van der Waals surface area contributed by atoms with E-state index in [4.69, 9.17) is 21.3 Å². The predicted molar refractivity (Wildman–Crippen MR) is 102 cm³/mol. The summed E-state index contributed by atoms with van der Waals surface area (Å²) in [6.45, 7) is 5.37. The number of phenols is 1. The van der Waals surface area contributed by atoms with Crippen LogP contribution in [0.1, 0.15) is 24.1 Å². The highest BCUT2D eigenvalue weighted by atomic mass is 35.5. The van der Waals surface area contributed by atoms with E-state index in [9.17, 15) is 5.11 Å². The normalized spacial score (nSPS) is 18.3. The summed E-state index contributed by atoms with van der Waals surface area (Å²) in [5, 5.41) is 10.6. The zero-order valence-corrected chi connectivity index (χ0v) is 15.1. The monoisotopic (exact) mass is 358 g/mol. The number of hydrogen-bond donors (Lipinski definition) is 1. The predicted octanol–water partition coefficient (Wildman–Crippen LogP) is 3.93. The lowest BCUT2D eigenvalue weighted by molar-refractivity contribution is 0.0119. The number of halogens is 1. The van der Waals surface area contributed by atoms with Crippen LogP contribution in [0.4, 0.5) is 0 Å². The molecule has 1 N–H and O–H groups in total. The molecule has 0 amide bonds. The van der Waals surface area contributed by atoms with Crippen LogP contribution in [0.15, 0.2) is 53.5 Å². The zero-order valence-electron chi connectivity index (χ0n) is 14.3. The van der Waals surface area contributed by atoms with Gasteiger partial charge in [0.1, 0.15) is 5.75 Å². The van der Waals surface area contributed by atoms with Crippen molar-refractivity contribution in [2.75, 3.05) is 26.3 Å². The van der Waals surface area contributed by atoms with Crippen molar-refractivity contribution >= 4 is 17.8 Å². The van der Waals surface area contributed by atoms with Crippen molar-refractivity contribution in [1.82, 2.24) is 4.90 Å². The fourth-order valence-corrected chi connectivity index (χ4v) is 3.39. The van der Waals surface area contributed by atoms with Crippen molar-refractivity contribution in [3.63, 3.8) is 0 Å². The van der Waals surface area contributed by atoms with Crippen LogP contribution in [-0.4, -0.2) is 48.6 Å². The average molecular weight is 359 g/mol. The van der Waals surface area contributed by atoms with Gasteiger partial charge in [0.25, 0.3) is 0 Å². The van der Waals surface area contributed by atoms with Gasteiger partial charge in [-0.25, -0.2) is 0 Å². The third-order valence-electron chi connectivity index (χ3n) is 4.48. The highest BCUT2D eigenvalue weighted by molar-refractivity contribution is 6.30. The number of phenolic OH excluding ortho intramolecular Hbond substituents is 1. The Kier molecular flexibility index (Phi) is 6.08. The first kappa shape index (κ1) is 17.9. The number of aliphatic imine (C=N–C) groups is 1. The Bertz CT molecular complexity index is 715. The van der Waals surface area contributed by atoms with Crippen molar-refractivity contribution in [3.8, 4) is 5.75 Å². The second-order valence-electron chi connectivity index (χ2n) is 6.23. The van der Waals surface area contributed by atoms with E-state index in [1.807, 2.05) is 6.07 Å². The standard InChI is InChI=1S/C20H23ClN2O2/c1-15(22-14-17-13-18(21)7-8-19(17)24)20(16-5-3-2-4-6-16)23-9-11-25-12-10-23/h2-8,13-15,20,24H,9-12H2,1H3/t15-,20+/m1/s1. The second-order valence-corrected chi connectivity index (χ2v) is 6.66. The lowest BCUT2D eigenvalue weighted by Crippen LogP contribution is -2.42. The van der Waals surface area contributed by atoms with Gasteiger partial charge >= 0.3 is 0 Å². The van der Waals surface area contributed by atoms with E-state index in [1.165, 1.54) is 5.56 Å². The van der Waals surface area contributed by atoms with Crippen molar-refractivity contribution in [1.29, 1.82) is 0 Å². The van der Waals surface area contributed by atoms with Gasteiger partial charge in [-0.2, -0.15) is 0 Å². The van der Waals surface area contributed by atoms with Gasteiger partial charge < -0.3 is 9.84 Å². The number of ether oxygens (including phenoxy) is 1. The molecule has 1 heterocycles. The van der Waals surface area contributed by atoms with E-state index < -0.39 is 0 Å². The average Bonchev–Trinajstić information content (AvgIpc) is 2.64. The van der Waals surface area contributed by atoms with E-state index >= 15 is 0 Å². The lowest BCUT2D eigenvalue weighted by atomic mass is 9.98. The number of morpholine rings is 1. The molecule has 3 rings (SSSR count). The third-order valence-corrected chi connectivity index (χ3v) is 4.71. The third kappa shape index (κ3) is 4.60. The molecule has 1 aliphatic rings. The Morgan fingerprint density at radius 3 is 2.60 bits per heavy atom. The summed E-state index contributed by atoms with van der Waals surface area (Å²) >= 11 is 6.02. The van der Waals surface area contributed by atoms with E-state index in [0.29, 0.717) is 10.6 Å². The minimum absolute atomic E-state index is 0.0267. The van der Waals surface area contributed by atoms with Crippen LogP contribution < -0.4 is 0 Å². The summed E-state index contributed by atoms with van der Waals surface area (Å²) in [7, 11) is 0. The maximum absolute atomic E-state index is 9.98. The molecule has 2 aromatic rings. The summed E-state index contributed by atoms with van der Waals surface area (Å²) in [6, 6.07) is 15.6. The molecule has 0 spiro atoms. The van der Waals surface area contributed by atoms with E-state index in [2.05, 4.69) is 36.1 Å². The molecule has 1 fully saturated rings. The maximum Gasteiger partial charge on any atom is 0.124 e. The van der Waals surface area contributed by atoms with Gasteiger partial charge in [-0.3, -0.25) is 9.89 Å².